The number of nitriles is 1. The van der Waals surface area contributed by atoms with Crippen LogP contribution in [0.1, 0.15) is 15.9 Å². The molecule has 0 aliphatic carbocycles. The lowest BCUT2D eigenvalue weighted by Crippen LogP contribution is -2.16. The van der Waals surface area contributed by atoms with Crippen molar-refractivity contribution in [2.24, 2.45) is 4.99 Å². The maximum Gasteiger partial charge on any atom is 0.377 e. The van der Waals surface area contributed by atoms with Crippen LogP contribution in [0.2, 0.25) is 0 Å². The Morgan fingerprint density at radius 3 is 2.65 bits per heavy atom. The van der Waals surface area contributed by atoms with Crippen molar-refractivity contribution in [3.63, 3.8) is 0 Å². The molecular formula is C12H10BrN3O3S. The van der Waals surface area contributed by atoms with Crippen molar-refractivity contribution in [3.8, 4) is 6.19 Å². The minimum Gasteiger partial charge on any atom is -0.475 e. The molecule has 0 heterocycles. The fraction of sp³-hybridized carbons (Fsp3) is 0.167. The van der Waals surface area contributed by atoms with Crippen molar-refractivity contribution in [3.05, 3.63) is 27.7 Å². The Kier molecular flexibility index (Phi) is 5.73. The van der Waals surface area contributed by atoms with E-state index in [-0.39, 0.29) is 16.4 Å². The first-order valence-corrected chi connectivity index (χ1v) is 7.28. The van der Waals surface area contributed by atoms with Gasteiger partial charge in [0.25, 0.3) is 5.78 Å². The van der Waals surface area contributed by atoms with Crippen LogP contribution in [0.4, 0.5) is 5.69 Å². The molecule has 0 unspecified atom stereocenters. The summed E-state index contributed by atoms with van der Waals surface area (Å²) in [7, 11) is 0. The molecule has 2 N–H and O–H groups in total. The molecule has 6 nitrogen and oxygen atoms in total. The molecule has 0 amide bonds. The van der Waals surface area contributed by atoms with Crippen molar-refractivity contribution in [1.82, 2.24) is 5.32 Å². The molecule has 104 valence electrons. The second-order valence-electron chi connectivity index (χ2n) is 3.58. The molecule has 0 saturated carbocycles. The molecule has 20 heavy (non-hydrogen) atoms. The van der Waals surface area contributed by atoms with Crippen LogP contribution in [0.3, 0.4) is 0 Å². The van der Waals surface area contributed by atoms with Crippen molar-refractivity contribution in [2.75, 3.05) is 6.26 Å². The molecule has 1 aromatic carbocycles. The summed E-state index contributed by atoms with van der Waals surface area (Å²) in [5, 5.41) is 20.1. The first-order chi connectivity index (χ1) is 9.42. The number of halogens is 1. The molecule has 0 atom stereocenters. The van der Waals surface area contributed by atoms with Crippen LogP contribution in [0, 0.1) is 18.4 Å². The molecule has 0 radical (unpaired) electrons. The standard InChI is InChI=1S/C12H10BrN3O3S/c1-6-3-4-7(16-12(20-2)15-5-14)8(9(6)13)10(17)11(18)19/h3-4H,1-2H3,(H,15,16)(H,18,19). The zero-order valence-corrected chi connectivity index (χ0v) is 13.0. The first-order valence-electron chi connectivity index (χ1n) is 5.26. The fourth-order valence-corrected chi connectivity index (χ4v) is 2.22. The number of Topliss-reactive ketones (excluding diaryl/α,β-unsaturated/α-hetero) is 1. The number of aliphatic carboxylic acids is 1. The highest BCUT2D eigenvalue weighted by molar-refractivity contribution is 9.10. The van der Waals surface area contributed by atoms with Crippen LogP contribution in [0.15, 0.2) is 21.6 Å². The summed E-state index contributed by atoms with van der Waals surface area (Å²) in [4.78, 5) is 26.8. The van der Waals surface area contributed by atoms with E-state index in [1.807, 2.05) is 0 Å². The average Bonchev–Trinajstić information content (AvgIpc) is 2.41. The van der Waals surface area contributed by atoms with Gasteiger partial charge in [0.05, 0.1) is 11.3 Å². The minimum atomic E-state index is -1.56. The second-order valence-corrected chi connectivity index (χ2v) is 5.17. The Morgan fingerprint density at radius 1 is 1.50 bits per heavy atom. The number of hydrogen-bond donors (Lipinski definition) is 2. The monoisotopic (exact) mass is 355 g/mol. The van der Waals surface area contributed by atoms with Gasteiger partial charge < -0.3 is 5.11 Å². The van der Waals surface area contributed by atoms with Gasteiger partial charge in [0.1, 0.15) is 0 Å². The SMILES string of the molecule is CSC(=Nc1ccc(C)c(Br)c1C(=O)C(=O)O)NC#N. The fourth-order valence-electron chi connectivity index (χ4n) is 1.37. The summed E-state index contributed by atoms with van der Waals surface area (Å²) in [6, 6.07) is 3.23. The van der Waals surface area contributed by atoms with Gasteiger partial charge in [-0.25, -0.2) is 9.79 Å². The zero-order chi connectivity index (χ0) is 15.3. The molecule has 0 saturated heterocycles. The molecule has 0 aliphatic rings. The van der Waals surface area contributed by atoms with Crippen LogP contribution in [0.5, 0.6) is 0 Å². The number of carbonyl (C=O) groups excluding carboxylic acids is 1. The van der Waals surface area contributed by atoms with Crippen molar-refractivity contribution in [1.29, 1.82) is 5.26 Å². The summed E-state index contributed by atoms with van der Waals surface area (Å²) in [5.41, 5.74) is 0.859. The second kappa shape index (κ2) is 7.07. The molecule has 8 heteroatoms. The maximum absolute atomic E-state index is 11.8. The third-order valence-electron chi connectivity index (χ3n) is 2.31. The summed E-state index contributed by atoms with van der Waals surface area (Å²) in [5.74, 6) is -2.62. The number of benzene rings is 1. The number of thioether (sulfide) groups is 1. The number of carboxylic acids is 1. The van der Waals surface area contributed by atoms with Gasteiger partial charge in [0.2, 0.25) is 0 Å². The number of hydrogen-bond acceptors (Lipinski definition) is 5. The third-order valence-corrected chi connectivity index (χ3v) is 3.91. The molecule has 1 rings (SSSR count). The molecule has 0 aromatic heterocycles. The highest BCUT2D eigenvalue weighted by Gasteiger charge is 2.23. The number of ketones is 1. The third kappa shape index (κ3) is 3.59. The molecule has 0 aliphatic heterocycles. The first kappa shape index (κ1) is 16.2. The largest absolute Gasteiger partial charge is 0.475 e. The van der Waals surface area contributed by atoms with Gasteiger partial charge in [-0.1, -0.05) is 17.8 Å². The van der Waals surface area contributed by atoms with Gasteiger partial charge in [-0.2, -0.15) is 5.26 Å². The predicted octanol–water partition coefficient (Wildman–Crippen LogP) is 2.45. The number of nitrogens with zero attached hydrogens (tertiary/aromatic N) is 2. The van der Waals surface area contributed by atoms with Crippen LogP contribution in [-0.2, 0) is 4.79 Å². The van der Waals surface area contributed by atoms with E-state index in [0.717, 1.165) is 0 Å². The Balaban J connectivity index is 3.48. The van der Waals surface area contributed by atoms with Crippen LogP contribution in [0.25, 0.3) is 0 Å². The predicted molar refractivity (Wildman–Crippen MR) is 80.2 cm³/mol. The van der Waals surface area contributed by atoms with Gasteiger partial charge >= 0.3 is 5.97 Å². The normalized spacial score (nSPS) is 10.8. The lowest BCUT2D eigenvalue weighted by Gasteiger charge is -2.09. The van der Waals surface area contributed by atoms with Crippen molar-refractivity contribution in [2.45, 2.75) is 6.92 Å². The molecule has 1 aromatic rings. The smallest absolute Gasteiger partial charge is 0.377 e. The van der Waals surface area contributed by atoms with Crippen molar-refractivity contribution >= 4 is 50.3 Å². The number of carbonyl (C=O) groups is 2. The highest BCUT2D eigenvalue weighted by atomic mass is 79.9. The van der Waals surface area contributed by atoms with Crippen molar-refractivity contribution < 1.29 is 14.7 Å². The molecule has 0 fully saturated rings. The summed E-state index contributed by atoms with van der Waals surface area (Å²) >= 11 is 4.38. The summed E-state index contributed by atoms with van der Waals surface area (Å²) < 4.78 is 0.378. The van der Waals surface area contributed by atoms with Crippen LogP contribution in [-0.4, -0.2) is 28.3 Å². The molecule has 0 spiro atoms. The van der Waals surface area contributed by atoms with E-state index >= 15 is 0 Å². The molecular weight excluding hydrogens is 346 g/mol. The summed E-state index contributed by atoms with van der Waals surface area (Å²) in [6.45, 7) is 1.74. The summed E-state index contributed by atoms with van der Waals surface area (Å²) in [6.07, 6.45) is 3.42. The Labute approximate surface area is 128 Å². The topological polar surface area (TPSA) is 103 Å². The zero-order valence-electron chi connectivity index (χ0n) is 10.6. The van der Waals surface area contributed by atoms with Gasteiger partial charge in [-0.05, 0) is 40.7 Å². The number of rotatable bonds is 3. The Morgan fingerprint density at radius 2 is 2.15 bits per heavy atom. The van der Waals surface area contributed by atoms with Gasteiger partial charge in [-0.3, -0.25) is 10.1 Å². The molecule has 0 bridgehead atoms. The minimum absolute atomic E-state index is 0.0382. The Hall–Kier alpha value is -1.85. The number of nitrogens with one attached hydrogen (secondary N) is 1. The van der Waals surface area contributed by atoms with E-state index in [0.29, 0.717) is 10.0 Å². The maximum atomic E-state index is 11.8. The van der Waals surface area contributed by atoms with E-state index in [4.69, 9.17) is 10.4 Å². The lowest BCUT2D eigenvalue weighted by molar-refractivity contribution is -0.131. The van der Waals surface area contributed by atoms with E-state index in [2.05, 4.69) is 26.2 Å². The number of amidine groups is 1. The number of carboxylic acid groups (broad SMARTS) is 1. The lowest BCUT2D eigenvalue weighted by atomic mass is 10.1. The van der Waals surface area contributed by atoms with E-state index < -0.39 is 11.8 Å². The van der Waals surface area contributed by atoms with E-state index in [1.165, 1.54) is 17.8 Å². The van der Waals surface area contributed by atoms with Gasteiger partial charge in [0, 0.05) is 4.47 Å². The van der Waals surface area contributed by atoms with Gasteiger partial charge in [0.15, 0.2) is 11.4 Å². The van der Waals surface area contributed by atoms with E-state index in [1.54, 1.807) is 25.4 Å². The highest BCUT2D eigenvalue weighted by Crippen LogP contribution is 2.31. The quantitative estimate of drug-likeness (QED) is 0.215. The van der Waals surface area contributed by atoms with Crippen LogP contribution < -0.4 is 5.32 Å². The van der Waals surface area contributed by atoms with Crippen LogP contribution >= 0.6 is 27.7 Å². The Bertz CT molecular complexity index is 638. The number of aliphatic imine (C=N–C) groups is 1. The average molecular weight is 356 g/mol. The number of aryl methyl sites for hydroxylation is 1. The van der Waals surface area contributed by atoms with Gasteiger partial charge in [-0.15, -0.1) is 0 Å². The van der Waals surface area contributed by atoms with E-state index in [9.17, 15) is 9.59 Å².